The summed E-state index contributed by atoms with van der Waals surface area (Å²) < 4.78 is 39.3. The summed E-state index contributed by atoms with van der Waals surface area (Å²) in [5.74, 6) is -4.34. The highest BCUT2D eigenvalue weighted by molar-refractivity contribution is 5.95. The van der Waals surface area contributed by atoms with Crippen LogP contribution in [-0.4, -0.2) is 18.4 Å². The van der Waals surface area contributed by atoms with E-state index in [4.69, 9.17) is 0 Å². The van der Waals surface area contributed by atoms with Crippen LogP contribution in [0.5, 0.6) is 0 Å². The van der Waals surface area contributed by atoms with Crippen molar-refractivity contribution in [1.82, 2.24) is 5.32 Å². The van der Waals surface area contributed by atoms with Gasteiger partial charge in [-0.2, -0.15) is 0 Å². The first-order chi connectivity index (χ1) is 11.0. The first kappa shape index (κ1) is 15.8. The summed E-state index contributed by atoms with van der Waals surface area (Å²) in [6.45, 7) is -0.328. The third-order valence-corrected chi connectivity index (χ3v) is 4.81. The Kier molecular flexibility index (Phi) is 4.28. The van der Waals surface area contributed by atoms with Gasteiger partial charge < -0.3 is 10.6 Å². The van der Waals surface area contributed by atoms with Crippen LogP contribution in [0.3, 0.4) is 0 Å². The van der Waals surface area contributed by atoms with Crippen molar-refractivity contribution in [2.75, 3.05) is 11.9 Å². The van der Waals surface area contributed by atoms with E-state index in [0.717, 1.165) is 31.4 Å². The molecule has 3 unspecified atom stereocenters. The number of halogens is 3. The Balaban J connectivity index is 1.52. The summed E-state index contributed by atoms with van der Waals surface area (Å²) in [5, 5.41) is 4.66. The molecule has 23 heavy (non-hydrogen) atoms. The number of carbonyl (C=O) groups is 2. The summed E-state index contributed by atoms with van der Waals surface area (Å²) in [7, 11) is 0. The molecule has 0 aliphatic heterocycles. The van der Waals surface area contributed by atoms with Gasteiger partial charge in [-0.1, -0.05) is 6.42 Å². The molecular formula is C16H17F3N2O2. The van der Waals surface area contributed by atoms with Crippen molar-refractivity contribution in [2.45, 2.75) is 25.7 Å². The van der Waals surface area contributed by atoms with Crippen molar-refractivity contribution in [1.29, 1.82) is 0 Å². The van der Waals surface area contributed by atoms with E-state index in [9.17, 15) is 22.8 Å². The molecule has 2 aliphatic carbocycles. The highest BCUT2D eigenvalue weighted by Gasteiger charge is 2.42. The van der Waals surface area contributed by atoms with Gasteiger partial charge in [0.05, 0.1) is 12.2 Å². The van der Waals surface area contributed by atoms with Crippen molar-refractivity contribution in [3.05, 3.63) is 29.6 Å². The Morgan fingerprint density at radius 1 is 1.09 bits per heavy atom. The fourth-order valence-corrected chi connectivity index (χ4v) is 3.68. The number of anilines is 1. The Bertz CT molecular complexity index is 650. The Morgan fingerprint density at radius 2 is 1.87 bits per heavy atom. The highest BCUT2D eigenvalue weighted by Crippen LogP contribution is 2.48. The predicted octanol–water partition coefficient (Wildman–Crippen LogP) is 2.59. The zero-order chi connectivity index (χ0) is 16.6. The summed E-state index contributed by atoms with van der Waals surface area (Å²) in [5.41, 5.74) is -0.455. The van der Waals surface area contributed by atoms with Crippen molar-refractivity contribution in [3.63, 3.8) is 0 Å². The molecule has 3 rings (SSSR count). The average Bonchev–Trinajstić information content (AvgIpc) is 3.16. The van der Waals surface area contributed by atoms with Gasteiger partial charge >= 0.3 is 0 Å². The number of hydrogen-bond donors (Lipinski definition) is 2. The number of hydrogen-bond acceptors (Lipinski definition) is 2. The summed E-state index contributed by atoms with van der Waals surface area (Å²) in [4.78, 5) is 23.8. The van der Waals surface area contributed by atoms with Gasteiger partial charge in [-0.25, -0.2) is 13.2 Å². The van der Waals surface area contributed by atoms with E-state index in [2.05, 4.69) is 10.6 Å². The van der Waals surface area contributed by atoms with Crippen molar-refractivity contribution >= 4 is 17.5 Å². The van der Waals surface area contributed by atoms with E-state index >= 15 is 0 Å². The monoisotopic (exact) mass is 326 g/mol. The van der Waals surface area contributed by atoms with Crippen LogP contribution in [0.2, 0.25) is 0 Å². The molecule has 1 aromatic rings. The van der Waals surface area contributed by atoms with Gasteiger partial charge in [0.25, 0.3) is 0 Å². The van der Waals surface area contributed by atoms with Gasteiger partial charge in [-0.3, -0.25) is 9.59 Å². The number of benzene rings is 1. The first-order valence-electron chi connectivity index (χ1n) is 7.66. The lowest BCUT2D eigenvalue weighted by Crippen LogP contribution is -2.38. The highest BCUT2D eigenvalue weighted by atomic mass is 19.2. The van der Waals surface area contributed by atoms with E-state index < -0.39 is 29.0 Å². The number of carbonyl (C=O) groups excluding carboxylic acids is 2. The van der Waals surface area contributed by atoms with Gasteiger partial charge in [0.1, 0.15) is 0 Å². The second kappa shape index (κ2) is 6.22. The maximum Gasteiger partial charge on any atom is 0.243 e. The molecule has 0 radical (unpaired) electrons. The Hall–Kier alpha value is -2.05. The molecular weight excluding hydrogens is 309 g/mol. The van der Waals surface area contributed by atoms with Crippen LogP contribution in [0.15, 0.2) is 12.1 Å². The molecule has 1 aromatic carbocycles. The number of nitrogens with one attached hydrogen (secondary N) is 2. The van der Waals surface area contributed by atoms with Gasteiger partial charge in [0.2, 0.25) is 11.8 Å². The lowest BCUT2D eigenvalue weighted by Gasteiger charge is -2.20. The normalized spacial score (nSPS) is 25.4. The van der Waals surface area contributed by atoms with Gasteiger partial charge in [0, 0.05) is 5.92 Å². The van der Waals surface area contributed by atoms with Crippen LogP contribution >= 0.6 is 0 Å². The minimum Gasteiger partial charge on any atom is -0.347 e. The zero-order valence-electron chi connectivity index (χ0n) is 12.4. The fourth-order valence-electron chi connectivity index (χ4n) is 3.68. The van der Waals surface area contributed by atoms with Crippen LogP contribution in [-0.2, 0) is 9.59 Å². The topological polar surface area (TPSA) is 58.2 Å². The molecule has 2 amide bonds. The lowest BCUT2D eigenvalue weighted by molar-refractivity contribution is -0.128. The first-order valence-corrected chi connectivity index (χ1v) is 7.66. The minimum atomic E-state index is -1.64. The second-order valence-corrected chi connectivity index (χ2v) is 6.27. The molecule has 2 saturated carbocycles. The van der Waals surface area contributed by atoms with Crippen LogP contribution in [0.25, 0.3) is 0 Å². The predicted molar refractivity (Wildman–Crippen MR) is 76.9 cm³/mol. The molecule has 3 atom stereocenters. The van der Waals surface area contributed by atoms with Crippen molar-refractivity contribution in [2.24, 2.45) is 17.8 Å². The van der Waals surface area contributed by atoms with E-state index in [1.54, 1.807) is 0 Å². The Labute approximate surface area is 131 Å². The minimum absolute atomic E-state index is 0.0541. The number of fused-ring (bicyclic) bond motifs is 2. The van der Waals surface area contributed by atoms with Gasteiger partial charge in [-0.15, -0.1) is 0 Å². The van der Waals surface area contributed by atoms with Crippen LogP contribution in [0.1, 0.15) is 25.7 Å². The smallest absolute Gasteiger partial charge is 0.243 e. The maximum absolute atomic E-state index is 13.5. The molecule has 4 nitrogen and oxygen atoms in total. The second-order valence-electron chi connectivity index (χ2n) is 6.27. The summed E-state index contributed by atoms with van der Waals surface area (Å²) in [6.07, 6.45) is 4.15. The van der Waals surface area contributed by atoms with Gasteiger partial charge in [0.15, 0.2) is 17.5 Å². The largest absolute Gasteiger partial charge is 0.347 e. The van der Waals surface area contributed by atoms with E-state index in [1.165, 1.54) is 6.42 Å². The Morgan fingerprint density at radius 3 is 2.52 bits per heavy atom. The van der Waals surface area contributed by atoms with E-state index in [0.29, 0.717) is 11.8 Å². The molecule has 2 aliphatic rings. The molecule has 2 N–H and O–H groups in total. The molecule has 0 spiro atoms. The van der Waals surface area contributed by atoms with Crippen molar-refractivity contribution in [3.8, 4) is 0 Å². The third-order valence-electron chi connectivity index (χ3n) is 4.81. The molecule has 7 heteroatoms. The van der Waals surface area contributed by atoms with Crippen LogP contribution in [0.4, 0.5) is 18.9 Å². The van der Waals surface area contributed by atoms with Crippen LogP contribution in [0, 0.1) is 35.2 Å². The fraction of sp³-hybridized carbons (Fsp3) is 0.500. The summed E-state index contributed by atoms with van der Waals surface area (Å²) >= 11 is 0. The van der Waals surface area contributed by atoms with E-state index in [1.807, 2.05) is 0 Å². The molecule has 0 heterocycles. The number of amides is 2. The zero-order valence-corrected chi connectivity index (χ0v) is 12.4. The maximum atomic E-state index is 13.5. The standard InChI is InChI=1S/C16H17F3N2O2/c17-11-3-4-12(15(19)14(11)18)21-13(22)7-20-16(23)10-6-8-1-2-9(10)5-8/h3-4,8-10H,1-2,5-7H2,(H,20,23)(H,21,22). The van der Waals surface area contributed by atoms with Gasteiger partial charge in [-0.05, 0) is 43.2 Å². The number of rotatable bonds is 4. The molecule has 0 aromatic heterocycles. The molecule has 2 fully saturated rings. The molecule has 2 bridgehead atoms. The quantitative estimate of drug-likeness (QED) is 0.836. The SMILES string of the molecule is O=C(CNC(=O)C1CC2CCC1C2)Nc1ccc(F)c(F)c1F. The average molecular weight is 326 g/mol. The third kappa shape index (κ3) is 3.18. The lowest BCUT2D eigenvalue weighted by atomic mass is 9.88. The van der Waals surface area contributed by atoms with E-state index in [-0.39, 0.29) is 18.4 Å². The molecule has 124 valence electrons. The van der Waals surface area contributed by atoms with Crippen LogP contribution < -0.4 is 10.6 Å². The van der Waals surface area contributed by atoms with Crippen molar-refractivity contribution < 1.29 is 22.8 Å². The summed E-state index contributed by atoms with van der Waals surface area (Å²) in [6, 6.07) is 1.66. The molecule has 0 saturated heterocycles.